The number of hydrogen-bond acceptors (Lipinski definition) is 9. The molecule has 0 spiro atoms. The number of β-amino-alcohol motifs (C(OH)–C–C–N with tert-alkyl or cyclic N) is 1. The predicted octanol–water partition coefficient (Wildman–Crippen LogP) is 2.21. The second-order valence-corrected chi connectivity index (χ2v) is 9.96. The van der Waals surface area contributed by atoms with E-state index in [1.807, 2.05) is 28.8 Å². The van der Waals surface area contributed by atoms with Crippen molar-refractivity contribution in [3.05, 3.63) is 24.5 Å². The topological polar surface area (TPSA) is 138 Å². The van der Waals surface area contributed by atoms with Gasteiger partial charge in [-0.05, 0) is 39.2 Å². The predicted molar refractivity (Wildman–Crippen MR) is 135 cm³/mol. The molecule has 0 unspecified atom stereocenters. The van der Waals surface area contributed by atoms with Gasteiger partial charge in [0.15, 0.2) is 5.82 Å². The maximum absolute atomic E-state index is 11.8. The first-order chi connectivity index (χ1) is 16.8. The Labute approximate surface area is 204 Å². The number of rotatable bonds is 7. The molecule has 2 aliphatic rings. The number of carbonyl (C=O) groups excluding carboxylic acids is 1. The van der Waals surface area contributed by atoms with Gasteiger partial charge in [0.05, 0.1) is 22.4 Å². The zero-order chi connectivity index (χ0) is 24.7. The number of aliphatic hydroxyl groups excluding tert-OH is 1. The Kier molecular flexibility index (Phi) is 5.96. The molecule has 11 nitrogen and oxygen atoms in total. The zero-order valence-electron chi connectivity index (χ0n) is 20.5. The van der Waals surface area contributed by atoms with E-state index >= 15 is 0 Å². The quantitative estimate of drug-likeness (QED) is 0.465. The van der Waals surface area contributed by atoms with E-state index in [9.17, 15) is 9.90 Å². The average molecular weight is 480 g/mol. The van der Waals surface area contributed by atoms with Crippen LogP contribution in [0, 0.1) is 5.41 Å². The molecule has 2 fully saturated rings. The summed E-state index contributed by atoms with van der Waals surface area (Å²) in [6.07, 6.45) is 5.58. The Hall–Kier alpha value is -3.47. The number of nitrogens with two attached hydrogens (primary N) is 1. The second-order valence-electron chi connectivity index (χ2n) is 9.96. The highest BCUT2D eigenvalue weighted by Gasteiger charge is 2.39. The minimum Gasteiger partial charge on any atom is -0.391 e. The molecule has 11 heteroatoms. The first-order valence-corrected chi connectivity index (χ1v) is 12.2. The Balaban J connectivity index is 1.42. The summed E-state index contributed by atoms with van der Waals surface area (Å²) in [6, 6.07) is 4.00. The van der Waals surface area contributed by atoms with Crippen molar-refractivity contribution in [1.82, 2.24) is 24.7 Å². The lowest BCUT2D eigenvalue weighted by molar-refractivity contribution is -0.125. The minimum atomic E-state index is -0.573. The number of amides is 1. The largest absolute Gasteiger partial charge is 0.391 e. The molecule has 3 atom stereocenters. The molecule has 3 aromatic heterocycles. The van der Waals surface area contributed by atoms with Crippen LogP contribution in [0.3, 0.4) is 0 Å². The van der Waals surface area contributed by atoms with Crippen LogP contribution in [0.4, 0.5) is 23.4 Å². The van der Waals surface area contributed by atoms with E-state index in [2.05, 4.69) is 39.0 Å². The summed E-state index contributed by atoms with van der Waals surface area (Å²) in [5, 5.41) is 19.2. The average Bonchev–Trinajstić information content (AvgIpc) is 3.56. The van der Waals surface area contributed by atoms with Gasteiger partial charge in [-0.2, -0.15) is 10.1 Å². The van der Waals surface area contributed by atoms with E-state index in [4.69, 9.17) is 10.8 Å². The number of primary amides is 1. The minimum absolute atomic E-state index is 0.217. The molecule has 0 bridgehead atoms. The van der Waals surface area contributed by atoms with E-state index in [0.29, 0.717) is 43.6 Å². The van der Waals surface area contributed by atoms with E-state index < -0.39 is 5.41 Å². The molecule has 0 saturated carbocycles. The number of pyridine rings is 1. The summed E-state index contributed by atoms with van der Waals surface area (Å²) in [6.45, 7) is 8.71. The summed E-state index contributed by atoms with van der Waals surface area (Å²) in [5.41, 5.74) is 6.00. The fraction of sp³-hybridized carbons (Fsp3) is 0.542. The number of anilines is 4. The number of nitrogens with one attached hydrogen (secondary N) is 1. The number of aromatic nitrogens is 5. The lowest BCUT2D eigenvalue weighted by Gasteiger charge is -2.21. The van der Waals surface area contributed by atoms with Gasteiger partial charge in [0.1, 0.15) is 11.6 Å². The molecule has 186 valence electrons. The molecule has 2 aliphatic heterocycles. The van der Waals surface area contributed by atoms with Crippen molar-refractivity contribution < 1.29 is 9.90 Å². The number of carbonyl (C=O) groups is 1. The Morgan fingerprint density at radius 3 is 2.83 bits per heavy atom. The van der Waals surface area contributed by atoms with Crippen molar-refractivity contribution in [3.8, 4) is 0 Å². The van der Waals surface area contributed by atoms with Crippen LogP contribution in [0.5, 0.6) is 0 Å². The first kappa shape index (κ1) is 23.3. The number of aliphatic hydroxyl groups is 1. The highest BCUT2D eigenvalue weighted by atomic mass is 16.3. The molecule has 0 aromatic carbocycles. The number of nitrogens with zero attached hydrogens (tertiary/aromatic N) is 7. The molecule has 5 rings (SSSR count). The number of hydrogen-bond donors (Lipinski definition) is 3. The van der Waals surface area contributed by atoms with Crippen molar-refractivity contribution >= 4 is 40.2 Å². The second kappa shape index (κ2) is 8.95. The fourth-order valence-corrected chi connectivity index (χ4v) is 4.80. The van der Waals surface area contributed by atoms with Crippen LogP contribution in [0.25, 0.3) is 10.9 Å². The standard InChI is InChI=1S/C24H33N9O2/c1-4-15(2)33-18-11-20(27-12-17(18)21(30-33)31-9-6-16(34)13-31)28-19-5-8-26-23(29-19)32-10-7-24(3,14-32)22(25)35/h5,8,11-12,15-16,34H,4,6-7,9-10,13-14H2,1-3H3,(H2,25,35)(H,26,27,28,29)/t15-,16+,24-/m0/s1. The van der Waals surface area contributed by atoms with Crippen molar-refractivity contribution in [2.24, 2.45) is 11.1 Å². The first-order valence-electron chi connectivity index (χ1n) is 12.2. The van der Waals surface area contributed by atoms with E-state index in [1.54, 1.807) is 12.3 Å². The molecule has 4 N–H and O–H groups in total. The molecule has 2 saturated heterocycles. The van der Waals surface area contributed by atoms with Crippen molar-refractivity contribution in [1.29, 1.82) is 0 Å². The molecule has 5 heterocycles. The van der Waals surface area contributed by atoms with Crippen molar-refractivity contribution in [2.45, 2.75) is 52.2 Å². The molecule has 3 aromatic rings. The van der Waals surface area contributed by atoms with Crippen LogP contribution in [0.2, 0.25) is 0 Å². The molecular formula is C24H33N9O2. The van der Waals surface area contributed by atoms with Crippen molar-refractivity contribution in [3.63, 3.8) is 0 Å². The fourth-order valence-electron chi connectivity index (χ4n) is 4.80. The molecular weight excluding hydrogens is 446 g/mol. The number of fused-ring (bicyclic) bond motifs is 1. The maximum Gasteiger partial charge on any atom is 0.227 e. The van der Waals surface area contributed by atoms with Crippen molar-refractivity contribution in [2.75, 3.05) is 41.3 Å². The van der Waals surface area contributed by atoms with E-state index in [1.165, 1.54) is 0 Å². The van der Waals surface area contributed by atoms with Crippen LogP contribution in [-0.4, -0.2) is 68.0 Å². The molecule has 1 amide bonds. The summed E-state index contributed by atoms with van der Waals surface area (Å²) in [7, 11) is 0. The van der Waals surface area contributed by atoms with Gasteiger partial charge in [-0.1, -0.05) is 6.92 Å². The molecule has 35 heavy (non-hydrogen) atoms. The summed E-state index contributed by atoms with van der Waals surface area (Å²) in [5.74, 6) is 2.40. The SMILES string of the molecule is CC[C@H](C)n1nc(N2CC[C@@H](O)C2)c2cnc(Nc3ccnc(N4CC[C@](C)(C(N)=O)C4)n3)cc21. The third-order valence-corrected chi connectivity index (χ3v) is 7.29. The van der Waals surface area contributed by atoms with Crippen LogP contribution in [0.15, 0.2) is 24.5 Å². The Morgan fingerprint density at radius 2 is 2.14 bits per heavy atom. The van der Waals surface area contributed by atoms with Gasteiger partial charge in [-0.25, -0.2) is 9.97 Å². The normalized spacial score (nSPS) is 23.3. The summed E-state index contributed by atoms with van der Waals surface area (Å²) in [4.78, 5) is 29.6. The highest BCUT2D eigenvalue weighted by molar-refractivity contribution is 5.92. The summed E-state index contributed by atoms with van der Waals surface area (Å²) >= 11 is 0. The van der Waals surface area contributed by atoms with Gasteiger partial charge in [-0.3, -0.25) is 9.48 Å². The molecule has 0 radical (unpaired) electrons. The third kappa shape index (κ3) is 4.36. The summed E-state index contributed by atoms with van der Waals surface area (Å²) < 4.78 is 2.04. The zero-order valence-corrected chi connectivity index (χ0v) is 20.5. The maximum atomic E-state index is 11.8. The lowest BCUT2D eigenvalue weighted by atomic mass is 9.89. The smallest absolute Gasteiger partial charge is 0.227 e. The highest BCUT2D eigenvalue weighted by Crippen LogP contribution is 2.34. The molecule has 0 aliphatic carbocycles. The van der Waals surface area contributed by atoms with E-state index in [0.717, 1.165) is 36.1 Å². The Morgan fingerprint density at radius 1 is 1.31 bits per heavy atom. The van der Waals surface area contributed by atoms with Crippen LogP contribution in [0.1, 0.15) is 46.1 Å². The third-order valence-electron chi connectivity index (χ3n) is 7.29. The van der Waals surface area contributed by atoms with Gasteiger partial charge in [0, 0.05) is 50.7 Å². The van der Waals surface area contributed by atoms with Gasteiger partial charge in [-0.15, -0.1) is 0 Å². The van der Waals surface area contributed by atoms with Crippen LogP contribution in [-0.2, 0) is 4.79 Å². The van der Waals surface area contributed by atoms with E-state index in [-0.39, 0.29) is 18.1 Å². The van der Waals surface area contributed by atoms with Gasteiger partial charge in [0.2, 0.25) is 11.9 Å². The van der Waals surface area contributed by atoms with Gasteiger partial charge < -0.3 is 26.0 Å². The van der Waals surface area contributed by atoms with Gasteiger partial charge >= 0.3 is 0 Å². The lowest BCUT2D eigenvalue weighted by Crippen LogP contribution is -2.37. The van der Waals surface area contributed by atoms with Gasteiger partial charge in [0.25, 0.3) is 0 Å². The monoisotopic (exact) mass is 479 g/mol. The van der Waals surface area contributed by atoms with Crippen LogP contribution < -0.4 is 20.9 Å². The Bertz CT molecular complexity index is 1240. The van der Waals surface area contributed by atoms with Crippen LogP contribution >= 0.6 is 0 Å².